The van der Waals surface area contributed by atoms with Gasteiger partial charge in [0.05, 0.1) is 44.8 Å². The SMILES string of the molecule is Cc1nn(C2CCS(=O)(=O)C2)c2nc(-c3cccs3)cc(C(=O)N3CCCCC3)c12. The van der Waals surface area contributed by atoms with Crippen molar-refractivity contribution in [1.29, 1.82) is 0 Å². The molecule has 3 aromatic rings. The highest BCUT2D eigenvalue weighted by atomic mass is 32.2. The summed E-state index contributed by atoms with van der Waals surface area (Å²) in [6, 6.07) is 5.59. The van der Waals surface area contributed by atoms with Gasteiger partial charge >= 0.3 is 0 Å². The van der Waals surface area contributed by atoms with Crippen molar-refractivity contribution >= 4 is 38.1 Å². The number of hydrogen-bond acceptors (Lipinski definition) is 6. The molecule has 0 N–H and O–H groups in total. The summed E-state index contributed by atoms with van der Waals surface area (Å²) in [5.41, 5.74) is 2.69. The van der Waals surface area contributed by atoms with Crippen LogP contribution in [0.5, 0.6) is 0 Å². The van der Waals surface area contributed by atoms with Crippen LogP contribution >= 0.6 is 11.3 Å². The average Bonchev–Trinajstić information content (AvgIpc) is 3.47. The molecular formula is C21H24N4O3S2. The van der Waals surface area contributed by atoms with Crippen molar-refractivity contribution in [3.8, 4) is 10.6 Å². The Kier molecular flexibility index (Phi) is 4.89. The standard InChI is InChI=1S/C21H24N4O3S2/c1-14-19-16(21(26)24-8-3-2-4-9-24)12-17(18-6-5-10-29-18)22-20(19)25(23-14)15-7-11-30(27,28)13-15/h5-6,10,12,15H,2-4,7-9,11,13H2,1H3. The topological polar surface area (TPSA) is 85.2 Å². The van der Waals surface area contributed by atoms with Gasteiger partial charge in [0.2, 0.25) is 0 Å². The molecule has 158 valence electrons. The highest BCUT2D eigenvalue weighted by Gasteiger charge is 2.33. The van der Waals surface area contributed by atoms with Gasteiger partial charge in [0.15, 0.2) is 15.5 Å². The zero-order chi connectivity index (χ0) is 20.9. The van der Waals surface area contributed by atoms with Gasteiger partial charge in [-0.05, 0) is 50.1 Å². The summed E-state index contributed by atoms with van der Waals surface area (Å²) in [4.78, 5) is 21.3. The smallest absolute Gasteiger partial charge is 0.254 e. The van der Waals surface area contributed by atoms with E-state index in [4.69, 9.17) is 4.98 Å². The van der Waals surface area contributed by atoms with Gasteiger partial charge in [0.1, 0.15) is 0 Å². The first-order valence-electron chi connectivity index (χ1n) is 10.4. The van der Waals surface area contributed by atoms with Crippen LogP contribution in [0.1, 0.15) is 47.8 Å². The van der Waals surface area contributed by atoms with E-state index in [9.17, 15) is 13.2 Å². The van der Waals surface area contributed by atoms with Gasteiger partial charge in [-0.1, -0.05) is 6.07 Å². The molecule has 7 nitrogen and oxygen atoms in total. The number of carbonyl (C=O) groups is 1. The number of rotatable bonds is 3. The summed E-state index contributed by atoms with van der Waals surface area (Å²) in [6.45, 7) is 3.41. The first-order chi connectivity index (χ1) is 14.4. The number of aryl methyl sites for hydroxylation is 1. The third kappa shape index (κ3) is 3.43. The number of piperidine rings is 1. The summed E-state index contributed by atoms with van der Waals surface area (Å²) in [6.07, 6.45) is 3.73. The van der Waals surface area contributed by atoms with Crippen LogP contribution in [0.15, 0.2) is 23.6 Å². The molecule has 2 saturated heterocycles. The summed E-state index contributed by atoms with van der Waals surface area (Å²) in [5.74, 6) is 0.257. The molecule has 5 heterocycles. The lowest BCUT2D eigenvalue weighted by Crippen LogP contribution is -2.35. The molecule has 3 aromatic heterocycles. The number of fused-ring (bicyclic) bond motifs is 1. The summed E-state index contributed by atoms with van der Waals surface area (Å²) < 4.78 is 25.9. The second-order valence-electron chi connectivity index (χ2n) is 8.17. The Morgan fingerprint density at radius 2 is 2.03 bits per heavy atom. The fourth-order valence-corrected chi connectivity index (χ4v) is 6.90. The van der Waals surface area contributed by atoms with Crippen molar-refractivity contribution in [1.82, 2.24) is 19.7 Å². The van der Waals surface area contributed by atoms with E-state index in [0.29, 0.717) is 17.6 Å². The Morgan fingerprint density at radius 1 is 1.23 bits per heavy atom. The second-order valence-corrected chi connectivity index (χ2v) is 11.3. The maximum atomic E-state index is 13.5. The Morgan fingerprint density at radius 3 is 2.70 bits per heavy atom. The highest BCUT2D eigenvalue weighted by Crippen LogP contribution is 2.34. The molecule has 1 amide bonds. The fourth-order valence-electron chi connectivity index (χ4n) is 4.52. The molecule has 2 fully saturated rings. The van der Waals surface area contributed by atoms with E-state index < -0.39 is 9.84 Å². The molecule has 0 aromatic carbocycles. The molecule has 5 rings (SSSR count). The lowest BCUT2D eigenvalue weighted by Gasteiger charge is -2.27. The van der Waals surface area contributed by atoms with Gasteiger partial charge in [-0.25, -0.2) is 18.1 Å². The summed E-state index contributed by atoms with van der Waals surface area (Å²) in [7, 11) is -3.06. The molecule has 9 heteroatoms. The minimum absolute atomic E-state index is 0.0154. The van der Waals surface area contributed by atoms with Crippen LogP contribution in [0, 0.1) is 6.92 Å². The Hall–Kier alpha value is -2.26. The molecule has 30 heavy (non-hydrogen) atoms. The first-order valence-corrected chi connectivity index (χ1v) is 13.1. The van der Waals surface area contributed by atoms with Crippen LogP contribution in [0.3, 0.4) is 0 Å². The number of hydrogen-bond donors (Lipinski definition) is 0. The van der Waals surface area contributed by atoms with E-state index in [1.807, 2.05) is 35.4 Å². The lowest BCUT2D eigenvalue weighted by molar-refractivity contribution is 0.0726. The van der Waals surface area contributed by atoms with E-state index in [2.05, 4.69) is 5.10 Å². The van der Waals surface area contributed by atoms with Crippen LogP contribution in [-0.2, 0) is 9.84 Å². The van der Waals surface area contributed by atoms with E-state index in [1.165, 1.54) is 0 Å². The van der Waals surface area contributed by atoms with Crippen molar-refractivity contribution in [2.75, 3.05) is 24.6 Å². The predicted molar refractivity (Wildman–Crippen MR) is 118 cm³/mol. The molecule has 0 radical (unpaired) electrons. The lowest BCUT2D eigenvalue weighted by atomic mass is 10.0. The predicted octanol–water partition coefficient (Wildman–Crippen LogP) is 3.45. The minimum Gasteiger partial charge on any atom is -0.339 e. The molecule has 0 bridgehead atoms. The third-order valence-corrected chi connectivity index (χ3v) is 8.68. The number of carbonyl (C=O) groups excluding carboxylic acids is 1. The highest BCUT2D eigenvalue weighted by molar-refractivity contribution is 7.91. The molecule has 1 unspecified atom stereocenters. The van der Waals surface area contributed by atoms with Crippen molar-refractivity contribution < 1.29 is 13.2 Å². The quantitative estimate of drug-likeness (QED) is 0.618. The Bertz CT molecular complexity index is 1210. The number of nitrogens with zero attached hydrogens (tertiary/aromatic N) is 4. The number of thiophene rings is 1. The number of sulfone groups is 1. The summed E-state index contributed by atoms with van der Waals surface area (Å²) in [5, 5.41) is 7.40. The molecule has 0 aliphatic carbocycles. The average molecular weight is 445 g/mol. The third-order valence-electron chi connectivity index (χ3n) is 6.04. The van der Waals surface area contributed by atoms with Gasteiger partial charge < -0.3 is 4.90 Å². The molecule has 2 aliphatic heterocycles. The van der Waals surface area contributed by atoms with Gasteiger partial charge in [-0.2, -0.15) is 5.10 Å². The van der Waals surface area contributed by atoms with Gasteiger partial charge in [-0.15, -0.1) is 11.3 Å². The first kappa shape index (κ1) is 19.7. The van der Waals surface area contributed by atoms with E-state index in [0.717, 1.165) is 54.0 Å². The molecule has 0 saturated carbocycles. The number of amides is 1. The molecule has 0 spiro atoms. The maximum Gasteiger partial charge on any atom is 0.254 e. The number of pyridine rings is 1. The second kappa shape index (κ2) is 7.46. The summed E-state index contributed by atoms with van der Waals surface area (Å²) >= 11 is 1.57. The van der Waals surface area contributed by atoms with Crippen molar-refractivity contribution in [3.05, 3.63) is 34.8 Å². The van der Waals surface area contributed by atoms with Crippen LogP contribution in [0.4, 0.5) is 0 Å². The maximum absolute atomic E-state index is 13.5. The van der Waals surface area contributed by atoms with Crippen molar-refractivity contribution in [2.24, 2.45) is 0 Å². The van der Waals surface area contributed by atoms with Crippen LogP contribution in [0.25, 0.3) is 21.6 Å². The van der Waals surface area contributed by atoms with Crippen LogP contribution < -0.4 is 0 Å². The van der Waals surface area contributed by atoms with Crippen molar-refractivity contribution in [3.63, 3.8) is 0 Å². The molecule has 1 atom stereocenters. The zero-order valence-electron chi connectivity index (χ0n) is 16.9. The van der Waals surface area contributed by atoms with E-state index in [-0.39, 0.29) is 23.5 Å². The van der Waals surface area contributed by atoms with E-state index >= 15 is 0 Å². The monoisotopic (exact) mass is 444 g/mol. The fraction of sp³-hybridized carbons (Fsp3) is 0.476. The van der Waals surface area contributed by atoms with E-state index in [1.54, 1.807) is 16.0 Å². The van der Waals surface area contributed by atoms with Crippen molar-refractivity contribution in [2.45, 2.75) is 38.6 Å². The Labute approximate surface area is 179 Å². The van der Waals surface area contributed by atoms with Gasteiger partial charge in [0.25, 0.3) is 5.91 Å². The molecule has 2 aliphatic rings. The molecular weight excluding hydrogens is 420 g/mol. The largest absolute Gasteiger partial charge is 0.339 e. The van der Waals surface area contributed by atoms with Crippen LogP contribution in [0.2, 0.25) is 0 Å². The van der Waals surface area contributed by atoms with Gasteiger partial charge in [0, 0.05) is 13.1 Å². The van der Waals surface area contributed by atoms with Gasteiger partial charge in [-0.3, -0.25) is 4.79 Å². The minimum atomic E-state index is -3.06. The Balaban J connectivity index is 1.69. The van der Waals surface area contributed by atoms with Crippen LogP contribution in [-0.4, -0.2) is 58.6 Å². The number of aromatic nitrogens is 3. The number of likely N-dealkylation sites (tertiary alicyclic amines) is 1. The zero-order valence-corrected chi connectivity index (χ0v) is 18.5. The normalized spacial score (nSPS) is 21.4.